The molecule has 102 valence electrons. The standard InChI is InChI=1S/C19H21N/c1-2-16-8-10-19(11-9-16)20-14-12-18(13-15-20)17-6-4-3-5-7-17/h1,3-4,6,8-11,18H,5,7,12-15H2. The summed E-state index contributed by atoms with van der Waals surface area (Å²) in [4.78, 5) is 2.48. The highest BCUT2D eigenvalue weighted by atomic mass is 15.1. The lowest BCUT2D eigenvalue weighted by Crippen LogP contribution is -2.34. The predicted octanol–water partition coefficient (Wildman–Crippen LogP) is 4.16. The number of nitrogens with zero attached hydrogens (tertiary/aromatic N) is 1. The monoisotopic (exact) mass is 263 g/mol. The normalized spacial score (nSPS) is 19.6. The van der Waals surface area contributed by atoms with Crippen molar-refractivity contribution in [2.75, 3.05) is 18.0 Å². The van der Waals surface area contributed by atoms with Crippen molar-refractivity contribution in [2.24, 2.45) is 5.92 Å². The predicted molar refractivity (Wildman–Crippen MR) is 85.8 cm³/mol. The maximum absolute atomic E-state index is 5.40. The molecular formula is C19H21N. The average Bonchev–Trinajstić information content (AvgIpc) is 2.56. The summed E-state index contributed by atoms with van der Waals surface area (Å²) in [6.45, 7) is 2.31. The van der Waals surface area contributed by atoms with Crippen LogP contribution in [0.4, 0.5) is 5.69 Å². The number of anilines is 1. The van der Waals surface area contributed by atoms with Gasteiger partial charge in [0.1, 0.15) is 0 Å². The van der Waals surface area contributed by atoms with Gasteiger partial charge in [0, 0.05) is 24.3 Å². The molecule has 1 aromatic rings. The highest BCUT2D eigenvalue weighted by Gasteiger charge is 2.22. The van der Waals surface area contributed by atoms with Crippen molar-refractivity contribution < 1.29 is 0 Å². The molecule has 1 aromatic carbocycles. The third-order valence-electron chi connectivity index (χ3n) is 4.46. The van der Waals surface area contributed by atoms with Gasteiger partial charge in [-0.15, -0.1) is 6.42 Å². The van der Waals surface area contributed by atoms with Gasteiger partial charge in [-0.05, 0) is 55.9 Å². The Bertz CT molecular complexity index is 548. The molecule has 0 bridgehead atoms. The molecule has 1 heteroatoms. The van der Waals surface area contributed by atoms with E-state index in [9.17, 15) is 0 Å². The highest BCUT2D eigenvalue weighted by Crippen LogP contribution is 2.31. The molecule has 1 nitrogen and oxygen atoms in total. The van der Waals surface area contributed by atoms with Gasteiger partial charge in [0.2, 0.25) is 0 Å². The van der Waals surface area contributed by atoms with Gasteiger partial charge < -0.3 is 4.90 Å². The zero-order valence-electron chi connectivity index (χ0n) is 11.9. The maximum Gasteiger partial charge on any atom is 0.0367 e. The summed E-state index contributed by atoms with van der Waals surface area (Å²) in [6, 6.07) is 8.38. The molecule has 1 fully saturated rings. The van der Waals surface area contributed by atoms with Crippen LogP contribution in [-0.4, -0.2) is 13.1 Å². The lowest BCUT2D eigenvalue weighted by atomic mass is 9.85. The molecule has 0 amide bonds. The second-order valence-corrected chi connectivity index (χ2v) is 5.66. The van der Waals surface area contributed by atoms with E-state index in [0.717, 1.165) is 24.6 Å². The minimum atomic E-state index is 0.793. The Morgan fingerprint density at radius 3 is 2.45 bits per heavy atom. The molecule has 0 N–H and O–H groups in total. The van der Waals surface area contributed by atoms with Gasteiger partial charge in [0.15, 0.2) is 0 Å². The van der Waals surface area contributed by atoms with E-state index in [0.29, 0.717) is 0 Å². The van der Waals surface area contributed by atoms with Crippen LogP contribution in [0, 0.1) is 18.3 Å². The Morgan fingerprint density at radius 2 is 1.85 bits per heavy atom. The summed E-state index contributed by atoms with van der Waals surface area (Å²) in [5.41, 5.74) is 3.93. The molecule has 1 saturated heterocycles. The number of piperidine rings is 1. The van der Waals surface area contributed by atoms with Gasteiger partial charge >= 0.3 is 0 Å². The van der Waals surface area contributed by atoms with Crippen LogP contribution in [-0.2, 0) is 0 Å². The molecule has 0 aromatic heterocycles. The van der Waals surface area contributed by atoms with Gasteiger partial charge in [-0.3, -0.25) is 0 Å². The zero-order chi connectivity index (χ0) is 13.8. The largest absolute Gasteiger partial charge is 0.371 e. The van der Waals surface area contributed by atoms with E-state index < -0.39 is 0 Å². The summed E-state index contributed by atoms with van der Waals surface area (Å²) in [6.07, 6.45) is 17.3. The fourth-order valence-corrected chi connectivity index (χ4v) is 3.24. The number of allylic oxidation sites excluding steroid dienone is 4. The fraction of sp³-hybridized carbons (Fsp3) is 0.368. The minimum absolute atomic E-state index is 0.793. The van der Waals surface area contributed by atoms with Gasteiger partial charge in [-0.1, -0.05) is 29.7 Å². The summed E-state index contributed by atoms with van der Waals surface area (Å²) in [7, 11) is 0. The topological polar surface area (TPSA) is 3.24 Å². The third kappa shape index (κ3) is 2.80. The first-order valence-corrected chi connectivity index (χ1v) is 7.54. The molecule has 0 atom stereocenters. The number of hydrogen-bond acceptors (Lipinski definition) is 1. The number of hydrogen-bond donors (Lipinski definition) is 0. The van der Waals surface area contributed by atoms with Crippen LogP contribution in [0.25, 0.3) is 0 Å². The molecule has 0 spiro atoms. The second-order valence-electron chi connectivity index (χ2n) is 5.66. The smallest absolute Gasteiger partial charge is 0.0367 e. The van der Waals surface area contributed by atoms with Crippen molar-refractivity contribution in [1.29, 1.82) is 0 Å². The van der Waals surface area contributed by atoms with Crippen molar-refractivity contribution in [3.05, 3.63) is 53.6 Å². The van der Waals surface area contributed by atoms with Crippen LogP contribution in [0.3, 0.4) is 0 Å². The zero-order valence-corrected chi connectivity index (χ0v) is 11.9. The van der Waals surface area contributed by atoms with Crippen LogP contribution < -0.4 is 4.90 Å². The second kappa shape index (κ2) is 6.01. The van der Waals surface area contributed by atoms with E-state index in [1.165, 1.54) is 31.4 Å². The molecule has 0 unspecified atom stereocenters. The van der Waals surface area contributed by atoms with Crippen LogP contribution in [0.15, 0.2) is 48.1 Å². The van der Waals surface area contributed by atoms with Crippen LogP contribution in [0.2, 0.25) is 0 Å². The quantitative estimate of drug-likeness (QED) is 0.724. The first-order chi connectivity index (χ1) is 9.86. The Hall–Kier alpha value is -1.94. The van der Waals surface area contributed by atoms with E-state index >= 15 is 0 Å². The Labute approximate surface area is 122 Å². The van der Waals surface area contributed by atoms with Gasteiger partial charge in [0.05, 0.1) is 0 Å². The highest BCUT2D eigenvalue weighted by molar-refractivity contribution is 5.50. The van der Waals surface area contributed by atoms with Crippen LogP contribution in [0.5, 0.6) is 0 Å². The lowest BCUT2D eigenvalue weighted by Gasteiger charge is -2.35. The summed E-state index contributed by atoms with van der Waals surface area (Å²) < 4.78 is 0. The van der Waals surface area contributed by atoms with Crippen molar-refractivity contribution in [2.45, 2.75) is 25.7 Å². The maximum atomic E-state index is 5.40. The number of benzene rings is 1. The fourth-order valence-electron chi connectivity index (χ4n) is 3.24. The Morgan fingerprint density at radius 1 is 1.10 bits per heavy atom. The minimum Gasteiger partial charge on any atom is -0.371 e. The van der Waals surface area contributed by atoms with Crippen molar-refractivity contribution in [3.8, 4) is 12.3 Å². The van der Waals surface area contributed by atoms with E-state index in [2.05, 4.69) is 41.2 Å². The molecule has 3 rings (SSSR count). The first-order valence-electron chi connectivity index (χ1n) is 7.54. The van der Waals surface area contributed by atoms with Gasteiger partial charge in [-0.25, -0.2) is 0 Å². The summed E-state index contributed by atoms with van der Waals surface area (Å²) in [5, 5.41) is 0. The average molecular weight is 263 g/mol. The Kier molecular flexibility index (Phi) is 3.92. The van der Waals surface area contributed by atoms with E-state index in [1.54, 1.807) is 5.57 Å². The molecule has 2 aliphatic rings. The summed E-state index contributed by atoms with van der Waals surface area (Å²) in [5.74, 6) is 3.47. The molecular weight excluding hydrogens is 242 g/mol. The number of rotatable bonds is 2. The van der Waals surface area contributed by atoms with E-state index in [-0.39, 0.29) is 0 Å². The molecule has 1 heterocycles. The van der Waals surface area contributed by atoms with Crippen LogP contribution in [0.1, 0.15) is 31.2 Å². The van der Waals surface area contributed by atoms with Crippen molar-refractivity contribution >= 4 is 5.69 Å². The molecule has 1 aliphatic heterocycles. The van der Waals surface area contributed by atoms with Gasteiger partial charge in [-0.2, -0.15) is 0 Å². The molecule has 0 radical (unpaired) electrons. The van der Waals surface area contributed by atoms with Crippen LogP contribution >= 0.6 is 0 Å². The first kappa shape index (κ1) is 13.1. The number of terminal acetylenes is 1. The summed E-state index contributed by atoms with van der Waals surface area (Å²) >= 11 is 0. The molecule has 0 saturated carbocycles. The van der Waals surface area contributed by atoms with Crippen molar-refractivity contribution in [1.82, 2.24) is 0 Å². The van der Waals surface area contributed by atoms with Crippen molar-refractivity contribution in [3.63, 3.8) is 0 Å². The SMILES string of the molecule is C#Cc1ccc(N2CCC(C3=CC=CCC3)CC2)cc1. The van der Waals surface area contributed by atoms with E-state index in [4.69, 9.17) is 6.42 Å². The third-order valence-corrected chi connectivity index (χ3v) is 4.46. The molecule has 1 aliphatic carbocycles. The Balaban J connectivity index is 1.62. The van der Waals surface area contributed by atoms with Gasteiger partial charge in [0.25, 0.3) is 0 Å². The molecule has 20 heavy (non-hydrogen) atoms. The lowest BCUT2D eigenvalue weighted by molar-refractivity contribution is 0.447. The van der Waals surface area contributed by atoms with E-state index in [1.807, 2.05) is 12.1 Å².